The summed E-state index contributed by atoms with van der Waals surface area (Å²) in [5.41, 5.74) is -3.33. The van der Waals surface area contributed by atoms with Crippen LogP contribution in [0.2, 0.25) is 0 Å². The van der Waals surface area contributed by atoms with Gasteiger partial charge in [0.25, 0.3) is 0 Å². The number of esters is 1. The van der Waals surface area contributed by atoms with E-state index in [9.17, 15) is 48.0 Å². The molecule has 0 heterocycles. The molecular weight excluding hydrogens is 522 g/mol. The molecule has 0 saturated heterocycles. The Morgan fingerprint density at radius 3 is 1.88 bits per heavy atom. The minimum atomic E-state index is -7.13. The van der Waals surface area contributed by atoms with Gasteiger partial charge in [-0.3, -0.25) is 13.5 Å². The minimum absolute atomic E-state index is 0.193. The molecule has 0 aromatic carbocycles. The Morgan fingerprint density at radius 1 is 0.971 bits per heavy atom. The summed E-state index contributed by atoms with van der Waals surface area (Å²) in [4.78, 5) is 12.4. The van der Waals surface area contributed by atoms with Crippen molar-refractivity contribution >= 4 is 26.2 Å². The molecule has 0 spiro atoms. The van der Waals surface area contributed by atoms with Crippen LogP contribution in [0.5, 0.6) is 0 Å². The quantitative estimate of drug-likeness (QED) is 0.201. The standard InChI is InChI=1S/C18H24F6O8S2/c1-3-10(2)13(25)31-14-5-11-4-12(6-14)8-15(7-11,9-14)32-34(29,30)18(23,24)16(19,20)17(21,22)33(26,27)28/h10-12H,3-9H2,1-2H3,(H,26,27,28). The second-order valence-corrected chi connectivity index (χ2v) is 12.7. The van der Waals surface area contributed by atoms with Crippen molar-refractivity contribution in [1.29, 1.82) is 0 Å². The molecule has 0 aromatic heterocycles. The lowest BCUT2D eigenvalue weighted by molar-refractivity contribution is -0.252. The van der Waals surface area contributed by atoms with Crippen LogP contribution in [0, 0.1) is 17.8 Å². The van der Waals surface area contributed by atoms with E-state index in [1.54, 1.807) is 13.8 Å². The van der Waals surface area contributed by atoms with Crippen LogP contribution < -0.4 is 0 Å². The first-order chi connectivity index (χ1) is 15.1. The zero-order valence-electron chi connectivity index (χ0n) is 18.1. The first kappa shape index (κ1) is 27.5. The van der Waals surface area contributed by atoms with Crippen LogP contribution in [0.3, 0.4) is 0 Å². The van der Waals surface area contributed by atoms with Crippen LogP contribution in [0.4, 0.5) is 26.3 Å². The van der Waals surface area contributed by atoms with E-state index in [4.69, 9.17) is 9.29 Å². The van der Waals surface area contributed by atoms with Gasteiger partial charge in [-0.15, -0.1) is 0 Å². The Hall–Kier alpha value is -1.13. The maximum absolute atomic E-state index is 14.3. The molecular formula is C18H24F6O8S2. The third-order valence-corrected chi connectivity index (χ3v) is 9.30. The van der Waals surface area contributed by atoms with Gasteiger partial charge < -0.3 is 4.74 Å². The fourth-order valence-corrected chi connectivity index (χ4v) is 7.29. The number of hydrogen-bond acceptors (Lipinski definition) is 7. The molecule has 4 aliphatic rings. The van der Waals surface area contributed by atoms with Crippen molar-refractivity contribution in [2.75, 3.05) is 0 Å². The molecule has 3 unspecified atom stereocenters. The van der Waals surface area contributed by atoms with Gasteiger partial charge in [-0.1, -0.05) is 13.8 Å². The van der Waals surface area contributed by atoms with Gasteiger partial charge in [0.1, 0.15) is 5.60 Å². The third kappa shape index (κ3) is 4.11. The van der Waals surface area contributed by atoms with Gasteiger partial charge in [-0.25, -0.2) is 0 Å². The second-order valence-electron chi connectivity index (χ2n) is 9.68. The predicted molar refractivity (Wildman–Crippen MR) is 102 cm³/mol. The van der Waals surface area contributed by atoms with Gasteiger partial charge in [0.05, 0.1) is 11.5 Å². The van der Waals surface area contributed by atoms with Gasteiger partial charge in [-0.05, 0) is 50.4 Å². The van der Waals surface area contributed by atoms with E-state index >= 15 is 0 Å². The van der Waals surface area contributed by atoms with Crippen LogP contribution in [0.15, 0.2) is 0 Å². The number of rotatable bonds is 9. The lowest BCUT2D eigenvalue weighted by Gasteiger charge is -2.60. The van der Waals surface area contributed by atoms with E-state index in [0.717, 1.165) is 0 Å². The van der Waals surface area contributed by atoms with Crippen molar-refractivity contribution < 1.29 is 61.4 Å². The first-order valence-electron chi connectivity index (χ1n) is 10.4. The zero-order valence-corrected chi connectivity index (χ0v) is 19.7. The molecule has 0 aromatic rings. The summed E-state index contributed by atoms with van der Waals surface area (Å²) >= 11 is 0. The number of alkyl halides is 6. The highest BCUT2D eigenvalue weighted by Crippen LogP contribution is 2.62. The molecule has 34 heavy (non-hydrogen) atoms. The maximum atomic E-state index is 14.3. The lowest BCUT2D eigenvalue weighted by Crippen LogP contribution is -2.65. The number of carbonyl (C=O) groups is 1. The molecule has 8 nitrogen and oxygen atoms in total. The lowest BCUT2D eigenvalue weighted by atomic mass is 9.52. The van der Waals surface area contributed by atoms with Gasteiger partial charge in [0.2, 0.25) is 0 Å². The van der Waals surface area contributed by atoms with Crippen LogP contribution >= 0.6 is 0 Å². The van der Waals surface area contributed by atoms with Crippen molar-refractivity contribution in [2.45, 2.75) is 86.4 Å². The van der Waals surface area contributed by atoms with E-state index < -0.39 is 66.2 Å². The fourth-order valence-electron chi connectivity index (χ4n) is 5.57. The minimum Gasteiger partial charge on any atom is -0.459 e. The van der Waals surface area contributed by atoms with Crippen LogP contribution in [-0.2, 0) is 34.0 Å². The summed E-state index contributed by atoms with van der Waals surface area (Å²) in [6.45, 7) is 3.30. The Morgan fingerprint density at radius 2 is 1.44 bits per heavy atom. The maximum Gasteiger partial charge on any atom is 0.439 e. The number of carbonyl (C=O) groups excluding carboxylic acids is 1. The Balaban J connectivity index is 1.94. The highest BCUT2D eigenvalue weighted by molar-refractivity contribution is 7.88. The molecule has 4 bridgehead atoms. The summed E-state index contributed by atoms with van der Waals surface area (Å²) < 4.78 is 148. The molecule has 0 amide bonds. The second kappa shape index (κ2) is 7.93. The molecule has 198 valence electrons. The molecule has 4 saturated carbocycles. The molecule has 0 radical (unpaired) electrons. The molecule has 0 aliphatic heterocycles. The summed E-state index contributed by atoms with van der Waals surface area (Å²) in [5.74, 6) is -8.95. The highest BCUT2D eigenvalue weighted by Gasteiger charge is 2.83. The molecule has 4 fully saturated rings. The van der Waals surface area contributed by atoms with Crippen LogP contribution in [0.1, 0.15) is 58.8 Å². The average Bonchev–Trinajstić information content (AvgIpc) is 2.63. The van der Waals surface area contributed by atoms with Crippen molar-refractivity contribution in [2.24, 2.45) is 17.8 Å². The molecule has 1 N–H and O–H groups in total. The van der Waals surface area contributed by atoms with E-state index in [1.807, 2.05) is 0 Å². The molecule has 3 atom stereocenters. The first-order valence-corrected chi connectivity index (χ1v) is 13.3. The van der Waals surface area contributed by atoms with E-state index in [-0.39, 0.29) is 37.5 Å². The monoisotopic (exact) mass is 546 g/mol. The van der Waals surface area contributed by atoms with Crippen molar-refractivity contribution in [3.05, 3.63) is 0 Å². The number of hydrogen-bond donors (Lipinski definition) is 1. The highest BCUT2D eigenvalue weighted by atomic mass is 32.2. The van der Waals surface area contributed by atoms with Crippen LogP contribution in [-0.4, -0.2) is 55.0 Å². The third-order valence-electron chi connectivity index (χ3n) is 6.94. The van der Waals surface area contributed by atoms with Gasteiger partial charge in [-0.2, -0.15) is 43.2 Å². The Labute approximate surface area is 192 Å². The summed E-state index contributed by atoms with van der Waals surface area (Å²) in [6, 6.07) is 0. The van der Waals surface area contributed by atoms with E-state index in [0.29, 0.717) is 12.8 Å². The van der Waals surface area contributed by atoms with Crippen molar-refractivity contribution in [1.82, 2.24) is 0 Å². The van der Waals surface area contributed by atoms with Crippen LogP contribution in [0.25, 0.3) is 0 Å². The van der Waals surface area contributed by atoms with Crippen molar-refractivity contribution in [3.8, 4) is 0 Å². The Bertz CT molecular complexity index is 1040. The van der Waals surface area contributed by atoms with E-state index in [1.165, 1.54) is 0 Å². The smallest absolute Gasteiger partial charge is 0.439 e. The average molecular weight is 547 g/mol. The largest absolute Gasteiger partial charge is 0.459 e. The summed E-state index contributed by atoms with van der Waals surface area (Å²) in [6.07, 6.45) is 0.644. The summed E-state index contributed by atoms with van der Waals surface area (Å²) in [7, 11) is -14.0. The van der Waals surface area contributed by atoms with Gasteiger partial charge in [0.15, 0.2) is 0 Å². The molecule has 16 heteroatoms. The molecule has 4 rings (SSSR count). The molecule has 4 aliphatic carbocycles. The normalized spacial score (nSPS) is 33.1. The summed E-state index contributed by atoms with van der Waals surface area (Å²) in [5, 5.41) is -13.6. The SMILES string of the molecule is CCC(C)C(=O)OC12CC3CC(C1)CC(OS(=O)(=O)C(F)(F)C(F)(F)C(F)(F)S(=O)(=O)O)(C3)C2. The predicted octanol–water partition coefficient (Wildman–Crippen LogP) is 3.72. The van der Waals surface area contributed by atoms with Gasteiger partial charge >= 0.3 is 42.6 Å². The van der Waals surface area contributed by atoms with E-state index in [2.05, 4.69) is 4.18 Å². The van der Waals surface area contributed by atoms with Gasteiger partial charge in [0, 0.05) is 6.42 Å². The fraction of sp³-hybridized carbons (Fsp3) is 0.944. The van der Waals surface area contributed by atoms with Crippen molar-refractivity contribution in [3.63, 3.8) is 0 Å². The Kier molecular flexibility index (Phi) is 6.41. The topological polar surface area (TPSA) is 124 Å². The zero-order chi connectivity index (χ0) is 26.2. The number of ether oxygens (including phenoxy) is 1. The number of halogens is 6.